The first-order valence-corrected chi connectivity index (χ1v) is 13.0. The van der Waals surface area contributed by atoms with Crippen LogP contribution in [0.2, 0.25) is 0 Å². The van der Waals surface area contributed by atoms with Crippen molar-refractivity contribution >= 4 is 27.0 Å². The van der Waals surface area contributed by atoms with Gasteiger partial charge in [0.1, 0.15) is 5.82 Å². The van der Waals surface area contributed by atoms with Crippen LogP contribution in [0.3, 0.4) is 0 Å². The summed E-state index contributed by atoms with van der Waals surface area (Å²) in [6, 6.07) is 10.6. The van der Waals surface area contributed by atoms with Crippen molar-refractivity contribution in [3.05, 3.63) is 47.8 Å². The molecule has 10 heteroatoms. The van der Waals surface area contributed by atoms with Gasteiger partial charge in [0.25, 0.3) is 0 Å². The molecule has 0 atom stereocenters. The smallest absolute Gasteiger partial charge is 0.243 e. The Labute approximate surface area is 199 Å². The summed E-state index contributed by atoms with van der Waals surface area (Å²) in [6.45, 7) is 7.75. The van der Waals surface area contributed by atoms with E-state index < -0.39 is 10.0 Å². The molecule has 34 heavy (non-hydrogen) atoms. The van der Waals surface area contributed by atoms with Gasteiger partial charge < -0.3 is 19.4 Å². The summed E-state index contributed by atoms with van der Waals surface area (Å²) in [5, 5.41) is 2.93. The normalized spacial score (nSPS) is 13.1. The van der Waals surface area contributed by atoms with E-state index in [1.165, 1.54) is 4.31 Å². The average molecular weight is 487 g/mol. The van der Waals surface area contributed by atoms with E-state index in [4.69, 9.17) is 9.47 Å². The van der Waals surface area contributed by atoms with Crippen LogP contribution in [0, 0.1) is 0 Å². The Morgan fingerprint density at radius 1 is 1.09 bits per heavy atom. The minimum atomic E-state index is -3.56. The predicted molar refractivity (Wildman–Crippen MR) is 128 cm³/mol. The van der Waals surface area contributed by atoms with Gasteiger partial charge >= 0.3 is 0 Å². The van der Waals surface area contributed by atoms with Gasteiger partial charge in [0.15, 0.2) is 11.5 Å². The molecule has 1 amide bonds. The number of hydrogen-bond donors (Lipinski definition) is 1. The molecule has 0 unspecified atom stereocenters. The lowest BCUT2D eigenvalue weighted by molar-refractivity contribution is -0.121. The maximum Gasteiger partial charge on any atom is 0.243 e. The average Bonchev–Trinajstić information content (AvgIpc) is 3.44. The lowest BCUT2D eigenvalue weighted by atomic mass is 10.2. The Morgan fingerprint density at radius 2 is 1.85 bits per heavy atom. The molecule has 182 valence electrons. The number of benzene rings is 2. The maximum absolute atomic E-state index is 12.9. The first-order valence-electron chi connectivity index (χ1n) is 11.5. The molecular weight excluding hydrogens is 456 g/mol. The zero-order chi connectivity index (χ0) is 24.3. The number of nitrogens with zero attached hydrogens (tertiary/aromatic N) is 3. The number of aromatic nitrogens is 2. The third-order valence-corrected chi connectivity index (χ3v) is 8.01. The number of fused-ring (bicyclic) bond motifs is 2. The van der Waals surface area contributed by atoms with Gasteiger partial charge in [-0.05, 0) is 42.8 Å². The molecule has 3 aromatic rings. The van der Waals surface area contributed by atoms with Gasteiger partial charge in [-0.15, -0.1) is 0 Å². The first kappa shape index (κ1) is 24.0. The summed E-state index contributed by atoms with van der Waals surface area (Å²) >= 11 is 0. The van der Waals surface area contributed by atoms with E-state index in [0.717, 1.165) is 16.9 Å². The summed E-state index contributed by atoms with van der Waals surface area (Å²) < 4.78 is 39.9. The van der Waals surface area contributed by atoms with Crippen LogP contribution in [0.4, 0.5) is 0 Å². The number of ether oxygens (including phenoxy) is 2. The van der Waals surface area contributed by atoms with Crippen molar-refractivity contribution in [3.63, 3.8) is 0 Å². The van der Waals surface area contributed by atoms with Crippen molar-refractivity contribution in [2.24, 2.45) is 0 Å². The molecule has 1 aliphatic heterocycles. The Bertz CT molecular complexity index is 1300. The fourth-order valence-electron chi connectivity index (χ4n) is 4.14. The highest BCUT2D eigenvalue weighted by Gasteiger charge is 2.23. The molecule has 2 heterocycles. The lowest BCUT2D eigenvalue weighted by Gasteiger charge is -2.18. The number of carbonyl (C=O) groups is 1. The summed E-state index contributed by atoms with van der Waals surface area (Å²) in [6.07, 6.45) is 0.728. The van der Waals surface area contributed by atoms with Crippen LogP contribution >= 0.6 is 0 Å². The molecule has 1 aliphatic rings. The molecule has 0 saturated heterocycles. The van der Waals surface area contributed by atoms with Gasteiger partial charge in [-0.2, -0.15) is 4.31 Å². The first-order chi connectivity index (χ1) is 16.4. The van der Waals surface area contributed by atoms with E-state index in [1.807, 2.05) is 43.5 Å². The van der Waals surface area contributed by atoms with Crippen LogP contribution in [0.1, 0.15) is 38.6 Å². The van der Waals surface area contributed by atoms with Crippen LogP contribution in [0.15, 0.2) is 41.3 Å². The summed E-state index contributed by atoms with van der Waals surface area (Å²) in [5.74, 6) is 2.07. The molecule has 0 radical (unpaired) electrons. The fraction of sp³-hybridized carbons (Fsp3) is 0.417. The van der Waals surface area contributed by atoms with Crippen molar-refractivity contribution in [1.29, 1.82) is 0 Å². The summed E-state index contributed by atoms with van der Waals surface area (Å²) in [4.78, 5) is 17.4. The molecule has 0 aliphatic carbocycles. The second-order valence-corrected chi connectivity index (χ2v) is 9.91. The number of nitrogens with one attached hydrogen (secondary N) is 1. The van der Waals surface area contributed by atoms with E-state index in [0.29, 0.717) is 49.6 Å². The summed E-state index contributed by atoms with van der Waals surface area (Å²) in [7, 11) is -3.56. The predicted octanol–water partition coefficient (Wildman–Crippen LogP) is 3.06. The molecule has 0 saturated carbocycles. The highest BCUT2D eigenvalue weighted by Crippen LogP contribution is 2.32. The zero-order valence-electron chi connectivity index (χ0n) is 19.7. The van der Waals surface area contributed by atoms with Gasteiger partial charge in [0.2, 0.25) is 22.7 Å². The van der Waals surface area contributed by atoms with Gasteiger partial charge in [-0.3, -0.25) is 4.79 Å². The zero-order valence-corrected chi connectivity index (χ0v) is 20.5. The van der Waals surface area contributed by atoms with E-state index >= 15 is 0 Å². The molecule has 1 N–H and O–H groups in total. The topological polar surface area (TPSA) is 103 Å². The third kappa shape index (κ3) is 4.74. The highest BCUT2D eigenvalue weighted by molar-refractivity contribution is 7.89. The second kappa shape index (κ2) is 10.0. The molecule has 1 aromatic heterocycles. The number of amides is 1. The lowest BCUT2D eigenvalue weighted by Crippen LogP contribution is -2.30. The van der Waals surface area contributed by atoms with Crippen LogP contribution in [-0.4, -0.2) is 48.1 Å². The quantitative estimate of drug-likeness (QED) is 0.473. The third-order valence-electron chi connectivity index (χ3n) is 5.96. The van der Waals surface area contributed by atoms with Gasteiger partial charge in [0, 0.05) is 39.0 Å². The molecule has 0 fully saturated rings. The van der Waals surface area contributed by atoms with E-state index in [9.17, 15) is 13.2 Å². The van der Waals surface area contributed by atoms with E-state index in [-0.39, 0.29) is 24.0 Å². The van der Waals surface area contributed by atoms with Crippen molar-refractivity contribution < 1.29 is 22.7 Å². The standard InChI is InChI=1S/C24H30N4O5S/c1-4-27(5-2)34(30,31)18-8-9-20-19(14-18)26-23(28(20)6-3)11-12-24(29)25-15-17-7-10-21-22(13-17)33-16-32-21/h7-10,13-14H,4-6,11-12,15-16H2,1-3H3,(H,25,29). The number of rotatable bonds is 10. The van der Waals surface area contributed by atoms with Crippen molar-refractivity contribution in [3.8, 4) is 11.5 Å². The molecule has 4 rings (SSSR count). The Balaban J connectivity index is 1.44. The van der Waals surface area contributed by atoms with Gasteiger partial charge in [-0.25, -0.2) is 13.4 Å². The van der Waals surface area contributed by atoms with Gasteiger partial charge in [-0.1, -0.05) is 19.9 Å². The molecule has 0 spiro atoms. The van der Waals surface area contributed by atoms with Crippen LogP contribution < -0.4 is 14.8 Å². The maximum atomic E-state index is 12.9. The van der Waals surface area contributed by atoms with Crippen molar-refractivity contribution in [2.75, 3.05) is 19.9 Å². The van der Waals surface area contributed by atoms with Crippen molar-refractivity contribution in [1.82, 2.24) is 19.2 Å². The molecular formula is C24H30N4O5S. The molecule has 9 nitrogen and oxygen atoms in total. The highest BCUT2D eigenvalue weighted by atomic mass is 32.2. The number of imidazole rings is 1. The number of sulfonamides is 1. The van der Waals surface area contributed by atoms with Crippen LogP contribution in [0.25, 0.3) is 11.0 Å². The minimum absolute atomic E-state index is 0.0859. The van der Waals surface area contributed by atoms with E-state index in [1.54, 1.807) is 18.2 Å². The monoisotopic (exact) mass is 486 g/mol. The Hall–Kier alpha value is -3.11. The Morgan fingerprint density at radius 3 is 2.59 bits per heavy atom. The van der Waals surface area contributed by atoms with Gasteiger partial charge in [0.05, 0.1) is 15.9 Å². The van der Waals surface area contributed by atoms with Crippen molar-refractivity contribution in [2.45, 2.75) is 51.6 Å². The fourth-order valence-corrected chi connectivity index (χ4v) is 5.62. The minimum Gasteiger partial charge on any atom is -0.454 e. The number of carbonyl (C=O) groups excluding carboxylic acids is 1. The SMILES string of the molecule is CCN(CC)S(=O)(=O)c1ccc2c(c1)nc(CCC(=O)NCc1ccc3c(c1)OCO3)n2CC. The van der Waals surface area contributed by atoms with Crippen LogP contribution in [-0.2, 0) is 34.3 Å². The second-order valence-electron chi connectivity index (χ2n) is 7.98. The Kier molecular flexibility index (Phi) is 7.08. The molecule has 2 aromatic carbocycles. The largest absolute Gasteiger partial charge is 0.454 e. The van der Waals surface area contributed by atoms with E-state index in [2.05, 4.69) is 10.3 Å². The van der Waals surface area contributed by atoms with Crippen LogP contribution in [0.5, 0.6) is 11.5 Å². The summed E-state index contributed by atoms with van der Waals surface area (Å²) in [5.41, 5.74) is 2.41. The number of aryl methyl sites for hydroxylation is 2. The molecule has 0 bridgehead atoms. The number of hydrogen-bond acceptors (Lipinski definition) is 6.